The molecule has 6 heteroatoms. The van der Waals surface area contributed by atoms with Gasteiger partial charge < -0.3 is 15.8 Å². The molecule has 0 bridgehead atoms. The number of amides is 1. The molecule has 0 unspecified atom stereocenters. The van der Waals surface area contributed by atoms with Crippen LogP contribution in [0.2, 0.25) is 5.02 Å². The fraction of sp³-hybridized carbons (Fsp3) is 0.357. The number of anilines is 1. The van der Waals surface area contributed by atoms with Crippen LogP contribution in [-0.4, -0.2) is 25.2 Å². The van der Waals surface area contributed by atoms with Crippen LogP contribution in [-0.2, 0) is 4.74 Å². The van der Waals surface area contributed by atoms with Crippen LogP contribution in [0.5, 0.6) is 0 Å². The maximum absolute atomic E-state index is 12.3. The van der Waals surface area contributed by atoms with Gasteiger partial charge in [0.15, 0.2) is 0 Å². The highest BCUT2D eigenvalue weighted by Crippen LogP contribution is 2.35. The molecule has 4 nitrogen and oxygen atoms in total. The van der Waals surface area contributed by atoms with Crippen LogP contribution in [0.25, 0.3) is 10.1 Å². The van der Waals surface area contributed by atoms with Crippen LogP contribution in [0.15, 0.2) is 18.2 Å². The average molecular weight is 311 g/mol. The maximum Gasteiger partial charge on any atom is 0.263 e. The first-order valence-electron chi connectivity index (χ1n) is 6.51. The monoisotopic (exact) mass is 310 g/mol. The topological polar surface area (TPSA) is 64.4 Å². The number of benzene rings is 1. The number of rotatable bonds is 2. The van der Waals surface area contributed by atoms with E-state index in [0.717, 1.165) is 22.9 Å². The third-order valence-electron chi connectivity index (χ3n) is 3.45. The zero-order chi connectivity index (χ0) is 14.1. The van der Waals surface area contributed by atoms with E-state index in [1.807, 2.05) is 12.1 Å². The zero-order valence-corrected chi connectivity index (χ0v) is 12.4. The lowest BCUT2D eigenvalue weighted by Gasteiger charge is -2.22. The first-order chi connectivity index (χ1) is 9.65. The smallest absolute Gasteiger partial charge is 0.263 e. The van der Waals surface area contributed by atoms with Crippen LogP contribution in [0.3, 0.4) is 0 Å². The standard InChI is InChI=1S/C14H15ClN2O2S/c15-8-1-2-10-11(7-8)20-13(12(10)16)14(18)17-9-3-5-19-6-4-9/h1-2,7,9H,3-6,16H2,(H,17,18). The van der Waals surface area contributed by atoms with Crippen molar-refractivity contribution >= 4 is 44.6 Å². The first-order valence-corrected chi connectivity index (χ1v) is 7.71. The van der Waals surface area contributed by atoms with Crippen LogP contribution >= 0.6 is 22.9 Å². The summed E-state index contributed by atoms with van der Waals surface area (Å²) in [6, 6.07) is 5.65. The fourth-order valence-electron chi connectivity index (χ4n) is 2.35. The molecule has 2 aromatic rings. The second-order valence-electron chi connectivity index (χ2n) is 4.85. The highest BCUT2D eigenvalue weighted by molar-refractivity contribution is 7.21. The lowest BCUT2D eigenvalue weighted by Crippen LogP contribution is -2.38. The molecule has 1 aromatic carbocycles. The Hall–Kier alpha value is -1.30. The molecule has 0 radical (unpaired) electrons. The largest absolute Gasteiger partial charge is 0.397 e. The van der Waals surface area contributed by atoms with Gasteiger partial charge in [0.25, 0.3) is 5.91 Å². The zero-order valence-electron chi connectivity index (χ0n) is 10.8. The van der Waals surface area contributed by atoms with Crippen molar-refractivity contribution in [3.05, 3.63) is 28.1 Å². The second-order valence-corrected chi connectivity index (χ2v) is 6.33. The van der Waals surface area contributed by atoms with E-state index in [1.54, 1.807) is 6.07 Å². The molecular formula is C14H15ClN2O2S. The van der Waals surface area contributed by atoms with Gasteiger partial charge in [-0.15, -0.1) is 11.3 Å². The van der Waals surface area contributed by atoms with Gasteiger partial charge in [-0.05, 0) is 31.0 Å². The Balaban J connectivity index is 1.85. The first kappa shape index (κ1) is 13.7. The van der Waals surface area contributed by atoms with Gasteiger partial charge in [-0.3, -0.25) is 4.79 Å². The number of carbonyl (C=O) groups is 1. The molecule has 1 fully saturated rings. The van der Waals surface area contributed by atoms with Crippen molar-refractivity contribution in [2.24, 2.45) is 0 Å². The summed E-state index contributed by atoms with van der Waals surface area (Å²) in [7, 11) is 0. The average Bonchev–Trinajstić information content (AvgIpc) is 2.76. The van der Waals surface area contributed by atoms with E-state index in [-0.39, 0.29) is 11.9 Å². The molecule has 1 aromatic heterocycles. The van der Waals surface area contributed by atoms with Gasteiger partial charge in [0, 0.05) is 34.4 Å². The Kier molecular flexibility index (Phi) is 3.83. The number of fused-ring (bicyclic) bond motifs is 1. The van der Waals surface area contributed by atoms with E-state index >= 15 is 0 Å². The minimum absolute atomic E-state index is 0.105. The molecule has 3 rings (SSSR count). The third-order valence-corrected chi connectivity index (χ3v) is 4.86. The molecular weight excluding hydrogens is 296 g/mol. The SMILES string of the molecule is Nc1c(C(=O)NC2CCOCC2)sc2cc(Cl)ccc12. The van der Waals surface area contributed by atoms with Crippen LogP contribution < -0.4 is 11.1 Å². The van der Waals surface area contributed by atoms with Gasteiger partial charge in [0.2, 0.25) is 0 Å². The Morgan fingerprint density at radius 3 is 2.90 bits per heavy atom. The normalized spacial score (nSPS) is 16.4. The van der Waals surface area contributed by atoms with Crippen molar-refractivity contribution in [3.63, 3.8) is 0 Å². The summed E-state index contributed by atoms with van der Waals surface area (Å²) < 4.78 is 6.22. The Morgan fingerprint density at radius 1 is 1.40 bits per heavy atom. The van der Waals surface area contributed by atoms with Gasteiger partial charge in [-0.25, -0.2) is 0 Å². The molecule has 20 heavy (non-hydrogen) atoms. The summed E-state index contributed by atoms with van der Waals surface area (Å²) in [5, 5.41) is 4.56. The van der Waals surface area contributed by atoms with Gasteiger partial charge in [0.05, 0.1) is 5.69 Å². The molecule has 1 aliphatic rings. The summed E-state index contributed by atoms with van der Waals surface area (Å²) in [6.07, 6.45) is 1.70. The van der Waals surface area contributed by atoms with E-state index in [1.165, 1.54) is 11.3 Å². The summed E-state index contributed by atoms with van der Waals surface area (Å²) in [6.45, 7) is 1.39. The van der Waals surface area contributed by atoms with Crippen molar-refractivity contribution < 1.29 is 9.53 Å². The lowest BCUT2D eigenvalue weighted by molar-refractivity contribution is 0.0699. The van der Waals surface area contributed by atoms with Gasteiger partial charge in [-0.1, -0.05) is 11.6 Å². The van der Waals surface area contributed by atoms with Crippen molar-refractivity contribution in [1.29, 1.82) is 0 Å². The van der Waals surface area contributed by atoms with Gasteiger partial charge >= 0.3 is 0 Å². The van der Waals surface area contributed by atoms with Crippen molar-refractivity contribution in [3.8, 4) is 0 Å². The van der Waals surface area contributed by atoms with E-state index in [0.29, 0.717) is 28.8 Å². The number of nitrogens with one attached hydrogen (secondary N) is 1. The summed E-state index contributed by atoms with van der Waals surface area (Å²) >= 11 is 7.35. The molecule has 0 spiro atoms. The third kappa shape index (κ3) is 2.61. The number of nitrogen functional groups attached to an aromatic ring is 1. The number of thiophene rings is 1. The molecule has 1 saturated heterocycles. The Labute approximate surface area is 125 Å². The van der Waals surface area contributed by atoms with Gasteiger partial charge in [0.1, 0.15) is 4.88 Å². The number of halogens is 1. The number of carbonyl (C=O) groups excluding carboxylic acids is 1. The number of ether oxygens (including phenoxy) is 1. The van der Waals surface area contributed by atoms with Crippen LogP contribution in [0.1, 0.15) is 22.5 Å². The van der Waals surface area contributed by atoms with E-state index in [9.17, 15) is 4.79 Å². The molecule has 1 aliphatic heterocycles. The van der Waals surface area contributed by atoms with Crippen molar-refractivity contribution in [2.45, 2.75) is 18.9 Å². The van der Waals surface area contributed by atoms with Gasteiger partial charge in [-0.2, -0.15) is 0 Å². The van der Waals surface area contributed by atoms with Crippen LogP contribution in [0.4, 0.5) is 5.69 Å². The predicted molar refractivity (Wildman–Crippen MR) is 82.6 cm³/mol. The number of nitrogens with two attached hydrogens (primary N) is 1. The van der Waals surface area contributed by atoms with Crippen LogP contribution in [0, 0.1) is 0 Å². The number of hydrogen-bond acceptors (Lipinski definition) is 4. The molecule has 1 amide bonds. The molecule has 0 saturated carbocycles. The number of hydrogen-bond donors (Lipinski definition) is 2. The second kappa shape index (κ2) is 5.60. The summed E-state index contributed by atoms with van der Waals surface area (Å²) in [5.41, 5.74) is 6.61. The van der Waals surface area contributed by atoms with Crippen molar-refractivity contribution in [2.75, 3.05) is 18.9 Å². The van der Waals surface area contributed by atoms with E-state index in [4.69, 9.17) is 22.1 Å². The molecule has 2 heterocycles. The van der Waals surface area contributed by atoms with E-state index in [2.05, 4.69) is 5.32 Å². The minimum atomic E-state index is -0.105. The quantitative estimate of drug-likeness (QED) is 0.896. The molecule has 3 N–H and O–H groups in total. The summed E-state index contributed by atoms with van der Waals surface area (Å²) in [4.78, 5) is 12.9. The van der Waals surface area contributed by atoms with E-state index < -0.39 is 0 Å². The molecule has 0 atom stereocenters. The molecule has 106 valence electrons. The summed E-state index contributed by atoms with van der Waals surface area (Å²) in [5.74, 6) is -0.105. The highest BCUT2D eigenvalue weighted by Gasteiger charge is 2.21. The maximum atomic E-state index is 12.3. The highest BCUT2D eigenvalue weighted by atomic mass is 35.5. The van der Waals surface area contributed by atoms with Crippen molar-refractivity contribution in [1.82, 2.24) is 5.32 Å². The molecule has 0 aliphatic carbocycles. The lowest BCUT2D eigenvalue weighted by atomic mass is 10.1. The Morgan fingerprint density at radius 2 is 2.15 bits per heavy atom. The Bertz CT molecular complexity index is 650. The fourth-order valence-corrected chi connectivity index (χ4v) is 3.65. The minimum Gasteiger partial charge on any atom is -0.397 e. The predicted octanol–water partition coefficient (Wildman–Crippen LogP) is 3.05.